The number of nitrogens with two attached hydrogens (primary N) is 1. The minimum atomic E-state index is -1.23. The highest BCUT2D eigenvalue weighted by molar-refractivity contribution is 5.88. The van der Waals surface area contributed by atoms with Crippen molar-refractivity contribution < 1.29 is 67.9 Å². The summed E-state index contributed by atoms with van der Waals surface area (Å²) in [5.74, 6) is -4.39. The van der Waals surface area contributed by atoms with Crippen LogP contribution in [-0.2, 0) is 42.9 Å². The van der Waals surface area contributed by atoms with E-state index in [9.17, 15) is 39.0 Å². The van der Waals surface area contributed by atoms with Crippen molar-refractivity contribution in [1.82, 2.24) is 21.4 Å². The molecule has 0 bridgehead atoms. The van der Waals surface area contributed by atoms with E-state index in [1.807, 2.05) is 0 Å². The molecule has 0 aliphatic carbocycles. The van der Waals surface area contributed by atoms with Crippen molar-refractivity contribution in [3.63, 3.8) is 0 Å². The third-order valence-corrected chi connectivity index (χ3v) is 5.83. The van der Waals surface area contributed by atoms with Gasteiger partial charge in [0, 0.05) is 19.5 Å². The van der Waals surface area contributed by atoms with E-state index in [1.54, 1.807) is 0 Å². The number of aliphatic hydroxyl groups excluding tert-OH is 1. The van der Waals surface area contributed by atoms with Crippen molar-refractivity contribution in [2.75, 3.05) is 65.9 Å². The summed E-state index contributed by atoms with van der Waals surface area (Å²) in [6, 6.07) is 2.93. The molecular formula is C28H43N5O14. The average molecular weight is 674 g/mol. The second-order valence-corrected chi connectivity index (χ2v) is 9.70. The Labute approximate surface area is 270 Å². The van der Waals surface area contributed by atoms with Crippen molar-refractivity contribution in [3.05, 3.63) is 29.8 Å². The topological polar surface area (TPSA) is 283 Å². The van der Waals surface area contributed by atoms with Gasteiger partial charge in [-0.25, -0.2) is 4.79 Å². The van der Waals surface area contributed by atoms with E-state index in [2.05, 4.69) is 21.4 Å². The zero-order valence-corrected chi connectivity index (χ0v) is 25.9. The van der Waals surface area contributed by atoms with Crippen LogP contribution in [0.15, 0.2) is 24.3 Å². The van der Waals surface area contributed by atoms with Crippen LogP contribution in [0.25, 0.3) is 0 Å². The average Bonchev–Trinajstić information content (AvgIpc) is 3.02. The van der Waals surface area contributed by atoms with Gasteiger partial charge in [0.25, 0.3) is 0 Å². The van der Waals surface area contributed by atoms with E-state index >= 15 is 0 Å². The van der Waals surface area contributed by atoms with Gasteiger partial charge in [0.15, 0.2) is 0 Å². The van der Waals surface area contributed by atoms with Gasteiger partial charge in [-0.1, -0.05) is 0 Å². The number of nitrogens with one attached hydrogen (secondary N) is 4. The minimum Gasteiger partial charge on any atom is -0.480 e. The van der Waals surface area contributed by atoms with Crippen molar-refractivity contribution in [3.8, 4) is 5.75 Å². The van der Waals surface area contributed by atoms with Crippen LogP contribution in [0.4, 0.5) is 0 Å². The molecule has 1 rings (SSSR count). The van der Waals surface area contributed by atoms with Crippen LogP contribution in [0.5, 0.6) is 5.75 Å². The maximum absolute atomic E-state index is 12.0. The number of carbonyl (C=O) groups is 6. The molecule has 0 heterocycles. The maximum atomic E-state index is 12.0. The fourth-order valence-corrected chi connectivity index (χ4v) is 3.39. The van der Waals surface area contributed by atoms with Crippen LogP contribution >= 0.6 is 0 Å². The molecule has 1 aromatic carbocycles. The van der Waals surface area contributed by atoms with E-state index in [0.717, 1.165) is 0 Å². The van der Waals surface area contributed by atoms with Crippen molar-refractivity contribution in [2.24, 2.45) is 5.73 Å². The van der Waals surface area contributed by atoms with Crippen LogP contribution in [0, 0.1) is 0 Å². The molecule has 19 heteroatoms. The Morgan fingerprint density at radius 1 is 0.766 bits per heavy atom. The fourth-order valence-electron chi connectivity index (χ4n) is 3.39. The SMILES string of the molecule is C[C@@H](O)[C@H](NC(=O)COCCOCCNC(=O)COCCOCCNC(=O)CC[C@H](NOc1ccc(C(=O)O)cc1)C(=O)O)C(N)=O. The summed E-state index contributed by atoms with van der Waals surface area (Å²) >= 11 is 0. The Morgan fingerprint density at radius 2 is 1.30 bits per heavy atom. The van der Waals surface area contributed by atoms with Gasteiger partial charge < -0.3 is 60.8 Å². The zero-order valence-electron chi connectivity index (χ0n) is 25.9. The lowest BCUT2D eigenvalue weighted by atomic mass is 10.1. The number of benzene rings is 1. The molecule has 4 amide bonds. The van der Waals surface area contributed by atoms with E-state index in [4.69, 9.17) is 34.6 Å². The molecule has 1 aromatic rings. The molecule has 0 saturated carbocycles. The first-order chi connectivity index (χ1) is 22.4. The molecule has 0 aromatic heterocycles. The highest BCUT2D eigenvalue weighted by atomic mass is 16.6. The summed E-state index contributed by atoms with van der Waals surface area (Å²) < 4.78 is 20.9. The Bertz CT molecular complexity index is 1140. The predicted octanol–water partition coefficient (Wildman–Crippen LogP) is -2.85. The smallest absolute Gasteiger partial charge is 0.335 e. The van der Waals surface area contributed by atoms with Crippen LogP contribution in [0.1, 0.15) is 30.1 Å². The maximum Gasteiger partial charge on any atom is 0.335 e. The third-order valence-electron chi connectivity index (χ3n) is 5.83. The van der Waals surface area contributed by atoms with Gasteiger partial charge in [-0.15, -0.1) is 5.48 Å². The van der Waals surface area contributed by atoms with Crippen molar-refractivity contribution in [2.45, 2.75) is 38.0 Å². The van der Waals surface area contributed by atoms with Gasteiger partial charge in [-0.2, -0.15) is 0 Å². The Morgan fingerprint density at radius 3 is 1.81 bits per heavy atom. The number of primary amides is 1. The molecule has 19 nitrogen and oxygen atoms in total. The van der Waals surface area contributed by atoms with Gasteiger partial charge in [0.1, 0.15) is 31.0 Å². The predicted molar refractivity (Wildman–Crippen MR) is 160 cm³/mol. The first kappa shape index (κ1) is 40.6. The van der Waals surface area contributed by atoms with E-state index in [-0.39, 0.29) is 96.0 Å². The number of hydroxylamine groups is 1. The molecule has 0 fully saturated rings. The normalized spacial score (nSPS) is 12.7. The van der Waals surface area contributed by atoms with Gasteiger partial charge >= 0.3 is 11.9 Å². The summed E-state index contributed by atoms with van der Waals surface area (Å²) in [5, 5.41) is 35.1. The summed E-state index contributed by atoms with van der Waals surface area (Å²) in [6.07, 6.45) is -1.32. The molecule has 3 atom stereocenters. The van der Waals surface area contributed by atoms with Crippen LogP contribution < -0.4 is 32.0 Å². The largest absolute Gasteiger partial charge is 0.480 e. The number of amides is 4. The van der Waals surface area contributed by atoms with Gasteiger partial charge in [0.05, 0.1) is 51.3 Å². The first-order valence-corrected chi connectivity index (χ1v) is 14.5. The summed E-state index contributed by atoms with van der Waals surface area (Å²) in [6.45, 7) is 2.04. The van der Waals surface area contributed by atoms with Crippen LogP contribution in [0.2, 0.25) is 0 Å². The standard InChI is InChI=1S/C28H43N5O14/c1-18(34)25(26(29)38)32-24(37)17-46-15-13-44-11-9-31-23(36)16-45-14-12-43-10-8-30-22(35)7-6-21(28(41)42)33-47-20-4-2-19(3-5-20)27(39)40/h2-5,18,21,25,33-34H,6-17H2,1H3,(H2,29,38)(H,30,35)(H,31,36)(H,32,37)(H,39,40)(H,41,42)/t18-,21+,25+/m1/s1. The second kappa shape index (κ2) is 23.9. The third kappa shape index (κ3) is 19.7. The van der Waals surface area contributed by atoms with Crippen LogP contribution in [-0.4, -0.2) is 135 Å². The number of hydrogen-bond acceptors (Lipinski definition) is 13. The van der Waals surface area contributed by atoms with Gasteiger partial charge in [0.2, 0.25) is 23.6 Å². The summed E-state index contributed by atoms with van der Waals surface area (Å²) in [5.41, 5.74) is 7.48. The molecule has 0 unspecified atom stereocenters. The van der Waals surface area contributed by atoms with E-state index in [0.29, 0.717) is 0 Å². The quantitative estimate of drug-likeness (QED) is 0.0345. The number of carboxylic acids is 2. The molecule has 264 valence electrons. The Balaban J connectivity index is 1.99. The second-order valence-electron chi connectivity index (χ2n) is 9.70. The highest BCUT2D eigenvalue weighted by Gasteiger charge is 2.23. The number of aliphatic carboxylic acids is 1. The number of carbonyl (C=O) groups excluding carboxylic acids is 4. The molecule has 0 spiro atoms. The number of hydrogen-bond donors (Lipinski definition) is 8. The van der Waals surface area contributed by atoms with Crippen molar-refractivity contribution >= 4 is 35.6 Å². The number of carboxylic acid groups (broad SMARTS) is 2. The lowest BCUT2D eigenvalue weighted by Gasteiger charge is -2.17. The lowest BCUT2D eigenvalue weighted by Crippen LogP contribution is -2.51. The minimum absolute atomic E-state index is 0.0461. The fraction of sp³-hybridized carbons (Fsp3) is 0.571. The molecule has 47 heavy (non-hydrogen) atoms. The van der Waals surface area contributed by atoms with Gasteiger partial charge in [-0.05, 0) is 37.6 Å². The van der Waals surface area contributed by atoms with E-state index in [1.165, 1.54) is 31.2 Å². The molecule has 0 radical (unpaired) electrons. The van der Waals surface area contributed by atoms with Gasteiger partial charge in [-0.3, -0.25) is 24.0 Å². The monoisotopic (exact) mass is 673 g/mol. The number of aliphatic hydroxyl groups is 1. The molecule has 0 aliphatic rings. The van der Waals surface area contributed by atoms with Crippen LogP contribution in [0.3, 0.4) is 0 Å². The summed E-state index contributed by atoms with van der Waals surface area (Å²) in [4.78, 5) is 74.1. The Kier molecular flexibility index (Phi) is 20.6. The first-order valence-electron chi connectivity index (χ1n) is 14.5. The molecule has 0 saturated heterocycles. The summed E-state index contributed by atoms with van der Waals surface area (Å²) in [7, 11) is 0. The van der Waals surface area contributed by atoms with Crippen molar-refractivity contribution in [1.29, 1.82) is 0 Å². The molecule has 9 N–H and O–H groups in total. The number of ether oxygens (including phenoxy) is 4. The highest BCUT2D eigenvalue weighted by Crippen LogP contribution is 2.12. The van der Waals surface area contributed by atoms with E-state index < -0.39 is 47.8 Å². The zero-order chi connectivity index (χ0) is 35.0. The Hall–Kier alpha value is -4.40. The number of aromatic carboxylic acids is 1. The lowest BCUT2D eigenvalue weighted by molar-refractivity contribution is -0.142. The molecule has 0 aliphatic heterocycles. The molecular weight excluding hydrogens is 630 g/mol. The number of rotatable bonds is 27.